The van der Waals surface area contributed by atoms with Crippen LogP contribution in [0.3, 0.4) is 0 Å². The normalized spacial score (nSPS) is 15.2. The largest absolute Gasteiger partial charge is 0.481 e. The van der Waals surface area contributed by atoms with Crippen molar-refractivity contribution < 1.29 is 34.2 Å². The number of carboxylic acid groups (broad SMARTS) is 2. The molecule has 0 unspecified atom stereocenters. The third-order valence-electron chi connectivity index (χ3n) is 2.25. The molecule has 9 heteroatoms. The predicted octanol–water partition coefficient (Wildman–Crippen LogP) is -0.410. The first-order valence-electron chi connectivity index (χ1n) is 4.92. The molecule has 0 amide bonds. The minimum Gasteiger partial charge on any atom is -0.481 e. The van der Waals surface area contributed by atoms with Crippen molar-refractivity contribution in [1.29, 1.82) is 0 Å². The van der Waals surface area contributed by atoms with Crippen LogP contribution in [0, 0.1) is 0 Å². The van der Waals surface area contributed by atoms with Gasteiger partial charge in [0.15, 0.2) is 5.66 Å². The van der Waals surface area contributed by atoms with Gasteiger partial charge in [0.25, 0.3) is 0 Å². The van der Waals surface area contributed by atoms with Crippen molar-refractivity contribution in [2.24, 2.45) is 5.73 Å². The van der Waals surface area contributed by atoms with E-state index in [2.05, 4.69) is 0 Å². The fourth-order valence-electron chi connectivity index (χ4n) is 1.26. The number of carboxylic acids is 2. The van der Waals surface area contributed by atoms with E-state index in [-0.39, 0.29) is 19.3 Å². The molecule has 0 aromatic rings. The summed E-state index contributed by atoms with van der Waals surface area (Å²) in [7, 11) is -4.66. The number of hydrogen-bond acceptors (Lipinski definition) is 4. The molecule has 0 saturated heterocycles. The van der Waals surface area contributed by atoms with Crippen molar-refractivity contribution in [3.8, 4) is 0 Å². The smallest absolute Gasteiger partial charge is 0.339 e. The first kappa shape index (κ1) is 16.1. The number of nitrogens with two attached hydrogens (primary N) is 1. The van der Waals surface area contributed by atoms with E-state index in [1.807, 2.05) is 0 Å². The highest BCUT2D eigenvalue weighted by Gasteiger charge is 2.34. The zero-order valence-corrected chi connectivity index (χ0v) is 9.92. The number of hydrogen-bond donors (Lipinski definition) is 5. The van der Waals surface area contributed by atoms with E-state index in [0.717, 1.165) is 0 Å². The average molecular weight is 269 g/mol. The summed E-state index contributed by atoms with van der Waals surface area (Å²) in [5.74, 6) is -2.71. The van der Waals surface area contributed by atoms with Gasteiger partial charge in [0.05, 0.1) is 0 Å². The summed E-state index contributed by atoms with van der Waals surface area (Å²) in [6.45, 7) is 0. The quantitative estimate of drug-likeness (QED) is 0.294. The third kappa shape index (κ3) is 6.38. The number of carbonyl (C=O) groups is 2. The van der Waals surface area contributed by atoms with Crippen LogP contribution in [0.15, 0.2) is 0 Å². The molecule has 0 rings (SSSR count). The van der Waals surface area contributed by atoms with Gasteiger partial charge in [-0.2, -0.15) is 0 Å². The zero-order chi connectivity index (χ0) is 13.6. The lowest BCUT2D eigenvalue weighted by Gasteiger charge is -2.13. The summed E-state index contributed by atoms with van der Waals surface area (Å²) in [5, 5.41) is 17.1. The van der Waals surface area contributed by atoms with Gasteiger partial charge in [0.1, 0.15) is 6.04 Å². The van der Waals surface area contributed by atoms with Crippen LogP contribution in [0.1, 0.15) is 25.7 Å². The van der Waals surface area contributed by atoms with E-state index >= 15 is 0 Å². The zero-order valence-electron chi connectivity index (χ0n) is 9.02. The summed E-state index contributed by atoms with van der Waals surface area (Å²) in [6.07, 6.45) is 0.440. The Labute approximate surface area is 97.6 Å². The molecule has 0 aliphatic heterocycles. The van der Waals surface area contributed by atoms with E-state index in [4.69, 9.17) is 25.7 Å². The summed E-state index contributed by atoms with van der Waals surface area (Å²) in [4.78, 5) is 38.4. The third-order valence-corrected chi connectivity index (χ3v) is 3.54. The van der Waals surface area contributed by atoms with Gasteiger partial charge in [-0.15, -0.1) is 0 Å². The van der Waals surface area contributed by atoms with E-state index in [1.165, 1.54) is 0 Å². The highest BCUT2D eigenvalue weighted by molar-refractivity contribution is 7.53. The molecule has 6 N–H and O–H groups in total. The molecule has 2 atom stereocenters. The predicted molar refractivity (Wildman–Crippen MR) is 57.5 cm³/mol. The van der Waals surface area contributed by atoms with Gasteiger partial charge in [0, 0.05) is 0 Å². The van der Waals surface area contributed by atoms with E-state index < -0.39 is 31.2 Å². The van der Waals surface area contributed by atoms with Crippen LogP contribution in [-0.2, 0) is 14.2 Å². The summed E-state index contributed by atoms with van der Waals surface area (Å²) in [6, 6.07) is -1.03. The second kappa shape index (κ2) is 6.70. The molecule has 0 fully saturated rings. The first-order chi connectivity index (χ1) is 7.66. The maximum Gasteiger partial charge on any atom is 0.339 e. The second-order valence-electron chi connectivity index (χ2n) is 3.67. The maximum absolute atomic E-state index is 10.8. The Morgan fingerprint density at radius 1 is 1.06 bits per heavy atom. The van der Waals surface area contributed by atoms with Gasteiger partial charge in [-0.1, -0.05) is 12.8 Å². The Kier molecular flexibility index (Phi) is 6.33. The Hall–Kier alpha value is -0.950. The van der Waals surface area contributed by atoms with Crippen LogP contribution in [-0.4, -0.2) is 43.6 Å². The van der Waals surface area contributed by atoms with Crippen LogP contribution >= 0.6 is 7.60 Å². The molecular weight excluding hydrogens is 253 g/mol. The highest BCUT2D eigenvalue weighted by atomic mass is 31.2. The van der Waals surface area contributed by atoms with Crippen LogP contribution in [0.5, 0.6) is 0 Å². The molecule has 100 valence electrons. The van der Waals surface area contributed by atoms with Gasteiger partial charge < -0.3 is 25.7 Å². The fraction of sp³-hybridized carbons (Fsp3) is 0.750. The van der Waals surface area contributed by atoms with E-state index in [0.29, 0.717) is 6.42 Å². The van der Waals surface area contributed by atoms with Gasteiger partial charge in [-0.3, -0.25) is 14.2 Å². The molecule has 0 heterocycles. The minimum atomic E-state index is -4.66. The summed E-state index contributed by atoms with van der Waals surface area (Å²) >= 11 is 0. The molecule has 17 heavy (non-hydrogen) atoms. The molecule has 0 aliphatic carbocycles. The lowest BCUT2D eigenvalue weighted by atomic mass is 10.1. The molecule has 0 bridgehead atoms. The Bertz CT molecular complexity index is 326. The van der Waals surface area contributed by atoms with Crippen molar-refractivity contribution in [1.82, 2.24) is 0 Å². The average Bonchev–Trinajstić information content (AvgIpc) is 2.13. The molecule has 0 aromatic carbocycles. The van der Waals surface area contributed by atoms with E-state index in [1.54, 1.807) is 0 Å². The minimum absolute atomic E-state index is 0.142. The molecule has 0 aromatic heterocycles. The van der Waals surface area contributed by atoms with Gasteiger partial charge in [-0.25, -0.2) is 0 Å². The van der Waals surface area contributed by atoms with Crippen LogP contribution in [0.2, 0.25) is 0 Å². The van der Waals surface area contributed by atoms with Gasteiger partial charge in [0.2, 0.25) is 0 Å². The van der Waals surface area contributed by atoms with Crippen molar-refractivity contribution in [3.05, 3.63) is 0 Å². The lowest BCUT2D eigenvalue weighted by molar-refractivity contribution is -0.139. The lowest BCUT2D eigenvalue weighted by Crippen LogP contribution is -2.29. The first-order valence-corrected chi connectivity index (χ1v) is 6.60. The van der Waals surface area contributed by atoms with Crippen LogP contribution in [0.4, 0.5) is 0 Å². The number of aliphatic carboxylic acids is 2. The number of unbranched alkanes of at least 4 members (excludes halogenated alkanes) is 1. The highest BCUT2D eigenvalue weighted by Crippen LogP contribution is 2.43. The summed E-state index contributed by atoms with van der Waals surface area (Å²) < 4.78 is 10.8. The summed E-state index contributed by atoms with van der Waals surface area (Å²) in [5.41, 5.74) is 3.48. The molecule has 0 aliphatic rings. The standard InChI is InChI=1S/C8H16NO7P/c9-5(7(10)11)3-1-2-4-6(8(12)13)17(14,15)16/h5-6H,1-4,9H2,(H,10,11)(H,12,13)(H2,14,15,16)/t5-,6-/m0/s1. The fourth-order valence-corrected chi connectivity index (χ4v) is 2.07. The van der Waals surface area contributed by atoms with E-state index in [9.17, 15) is 14.2 Å². The second-order valence-corrected chi connectivity index (χ2v) is 5.47. The Balaban J connectivity index is 4.05. The van der Waals surface area contributed by atoms with Crippen molar-refractivity contribution in [2.45, 2.75) is 37.4 Å². The molecule has 0 saturated carbocycles. The van der Waals surface area contributed by atoms with Crippen LogP contribution < -0.4 is 5.73 Å². The molecule has 0 radical (unpaired) electrons. The molecule has 8 nitrogen and oxygen atoms in total. The monoisotopic (exact) mass is 269 g/mol. The number of rotatable bonds is 8. The topological polar surface area (TPSA) is 158 Å². The maximum atomic E-state index is 10.8. The van der Waals surface area contributed by atoms with Crippen molar-refractivity contribution >= 4 is 19.5 Å². The molecular formula is C8H16NO7P. The molecule has 0 spiro atoms. The Morgan fingerprint density at radius 3 is 1.88 bits per heavy atom. The van der Waals surface area contributed by atoms with Crippen LogP contribution in [0.25, 0.3) is 0 Å². The SMILES string of the molecule is N[C@@H](CCCC[C@@H](C(=O)O)P(=O)(O)O)C(=O)O. The van der Waals surface area contributed by atoms with Gasteiger partial charge >= 0.3 is 19.5 Å². The van der Waals surface area contributed by atoms with Crippen molar-refractivity contribution in [3.63, 3.8) is 0 Å². The van der Waals surface area contributed by atoms with Gasteiger partial charge in [-0.05, 0) is 12.8 Å². The Morgan fingerprint density at radius 2 is 1.53 bits per heavy atom. The van der Waals surface area contributed by atoms with Crippen molar-refractivity contribution in [2.75, 3.05) is 0 Å².